The smallest absolute Gasteiger partial charge is 0.341 e. The van der Waals surface area contributed by atoms with Crippen LogP contribution in [0.1, 0.15) is 22.5 Å². The van der Waals surface area contributed by atoms with Gasteiger partial charge in [-0.2, -0.15) is 8.78 Å². The molecule has 0 saturated carbocycles. The number of carboxylic acids is 1. The van der Waals surface area contributed by atoms with Crippen LogP contribution in [0.25, 0.3) is 0 Å². The van der Waals surface area contributed by atoms with Gasteiger partial charge in [0.2, 0.25) is 9.84 Å². The van der Waals surface area contributed by atoms with Gasteiger partial charge in [0.05, 0.1) is 10.8 Å². The number of likely N-dealkylation sites (tertiary alicyclic amines) is 1. The van der Waals surface area contributed by atoms with Crippen LogP contribution in [0.2, 0.25) is 0 Å². The molecule has 10 heteroatoms. The number of thiophene rings is 1. The molecule has 1 aromatic heterocycles. The van der Waals surface area contributed by atoms with E-state index in [1.807, 2.05) is 0 Å². The molecule has 1 atom stereocenters. The standard InChI is InChI=1S/C12H13F2NO5S2/c13-12(14)22(19,20)8-3-5-21-9(8)10(16)15-4-1-2-7(6-15)11(17)18/h3,5,7,12H,1-2,4,6H2,(H,17,18). The van der Waals surface area contributed by atoms with Crippen molar-refractivity contribution in [1.82, 2.24) is 4.90 Å². The molecule has 2 heterocycles. The van der Waals surface area contributed by atoms with E-state index in [-0.39, 0.29) is 18.0 Å². The molecule has 0 radical (unpaired) electrons. The zero-order valence-corrected chi connectivity index (χ0v) is 12.9. The first kappa shape index (κ1) is 16.8. The minimum Gasteiger partial charge on any atom is -0.481 e. The molecule has 2 rings (SSSR count). The Labute approximate surface area is 129 Å². The second kappa shape index (κ2) is 6.29. The molecule has 0 bridgehead atoms. The fourth-order valence-corrected chi connectivity index (χ4v) is 4.41. The van der Waals surface area contributed by atoms with Crippen LogP contribution in [0.5, 0.6) is 0 Å². The Morgan fingerprint density at radius 2 is 2.09 bits per heavy atom. The number of hydrogen-bond donors (Lipinski definition) is 1. The molecular formula is C12H13F2NO5S2. The number of aliphatic carboxylic acids is 1. The van der Waals surface area contributed by atoms with Gasteiger partial charge in [0.25, 0.3) is 5.91 Å². The summed E-state index contributed by atoms with van der Waals surface area (Å²) in [6, 6.07) is 0.970. The predicted octanol–water partition coefficient (Wildman–Crippen LogP) is 1.68. The summed E-state index contributed by atoms with van der Waals surface area (Å²) in [7, 11) is -4.86. The monoisotopic (exact) mass is 353 g/mol. The van der Waals surface area contributed by atoms with Gasteiger partial charge in [0.1, 0.15) is 4.88 Å². The van der Waals surface area contributed by atoms with Gasteiger partial charge < -0.3 is 10.0 Å². The first-order valence-electron chi connectivity index (χ1n) is 6.36. The van der Waals surface area contributed by atoms with Crippen LogP contribution >= 0.6 is 11.3 Å². The van der Waals surface area contributed by atoms with E-state index < -0.39 is 38.3 Å². The van der Waals surface area contributed by atoms with Gasteiger partial charge in [-0.15, -0.1) is 11.3 Å². The van der Waals surface area contributed by atoms with Crippen molar-refractivity contribution >= 4 is 33.1 Å². The Morgan fingerprint density at radius 1 is 1.41 bits per heavy atom. The number of nitrogens with zero attached hydrogens (tertiary/aromatic N) is 1. The second-order valence-electron chi connectivity index (χ2n) is 4.85. The fourth-order valence-electron chi connectivity index (χ4n) is 2.28. The summed E-state index contributed by atoms with van der Waals surface area (Å²) in [4.78, 5) is 23.6. The molecule has 0 aromatic carbocycles. The highest BCUT2D eigenvalue weighted by atomic mass is 32.2. The fraction of sp³-hybridized carbons (Fsp3) is 0.500. The molecule has 1 aromatic rings. The van der Waals surface area contributed by atoms with Crippen molar-refractivity contribution in [2.24, 2.45) is 5.92 Å². The largest absolute Gasteiger partial charge is 0.481 e. The highest BCUT2D eigenvalue weighted by Gasteiger charge is 2.35. The molecule has 1 N–H and O–H groups in total. The van der Waals surface area contributed by atoms with Crippen molar-refractivity contribution in [3.8, 4) is 0 Å². The second-order valence-corrected chi connectivity index (χ2v) is 7.65. The number of piperidine rings is 1. The average Bonchev–Trinajstić information content (AvgIpc) is 2.96. The predicted molar refractivity (Wildman–Crippen MR) is 73.8 cm³/mol. The lowest BCUT2D eigenvalue weighted by Crippen LogP contribution is -2.42. The van der Waals surface area contributed by atoms with E-state index in [0.717, 1.165) is 17.4 Å². The summed E-state index contributed by atoms with van der Waals surface area (Å²) >= 11 is 0.754. The summed E-state index contributed by atoms with van der Waals surface area (Å²) in [5.41, 5.74) is 0. The third-order valence-electron chi connectivity index (χ3n) is 3.42. The molecule has 1 aliphatic rings. The molecule has 0 spiro atoms. The SMILES string of the molecule is O=C(O)C1CCCN(C(=O)c2sccc2S(=O)(=O)C(F)F)C1. The Kier molecular flexibility index (Phi) is 4.81. The number of sulfone groups is 1. The van der Waals surface area contributed by atoms with Crippen molar-refractivity contribution < 1.29 is 31.9 Å². The molecular weight excluding hydrogens is 340 g/mol. The highest BCUT2D eigenvalue weighted by molar-refractivity contribution is 7.92. The lowest BCUT2D eigenvalue weighted by Gasteiger charge is -2.30. The zero-order chi connectivity index (χ0) is 16.5. The summed E-state index contributed by atoms with van der Waals surface area (Å²) < 4.78 is 48.4. The molecule has 1 unspecified atom stereocenters. The van der Waals surface area contributed by atoms with Crippen molar-refractivity contribution in [3.05, 3.63) is 16.3 Å². The zero-order valence-electron chi connectivity index (χ0n) is 11.2. The molecule has 122 valence electrons. The third kappa shape index (κ3) is 3.12. The number of rotatable bonds is 4. The minimum absolute atomic E-state index is 0.0553. The number of carbonyl (C=O) groups is 2. The van der Waals surface area contributed by atoms with Crippen LogP contribution in [-0.4, -0.2) is 49.1 Å². The topological polar surface area (TPSA) is 91.8 Å². The maximum atomic E-state index is 12.6. The van der Waals surface area contributed by atoms with Gasteiger partial charge in [0.15, 0.2) is 0 Å². The number of alkyl halides is 2. The summed E-state index contributed by atoms with van der Waals surface area (Å²) in [6.07, 6.45) is 0.886. The maximum Gasteiger partial charge on any atom is 0.341 e. The van der Waals surface area contributed by atoms with E-state index in [2.05, 4.69) is 0 Å². The first-order valence-corrected chi connectivity index (χ1v) is 8.79. The van der Waals surface area contributed by atoms with Crippen LogP contribution in [0.4, 0.5) is 8.78 Å². The number of carboxylic acid groups (broad SMARTS) is 1. The average molecular weight is 353 g/mol. The van der Waals surface area contributed by atoms with E-state index in [9.17, 15) is 26.8 Å². The highest BCUT2D eigenvalue weighted by Crippen LogP contribution is 2.29. The van der Waals surface area contributed by atoms with Crippen LogP contribution < -0.4 is 0 Å². The minimum atomic E-state index is -4.86. The van der Waals surface area contributed by atoms with Gasteiger partial charge in [-0.1, -0.05) is 0 Å². The lowest BCUT2D eigenvalue weighted by atomic mass is 9.98. The number of halogens is 2. The van der Waals surface area contributed by atoms with Crippen LogP contribution in [0, 0.1) is 5.92 Å². The Hall–Kier alpha value is -1.55. The van der Waals surface area contributed by atoms with E-state index in [4.69, 9.17) is 5.11 Å². The van der Waals surface area contributed by atoms with Crippen molar-refractivity contribution in [2.75, 3.05) is 13.1 Å². The third-order valence-corrected chi connectivity index (χ3v) is 5.88. The van der Waals surface area contributed by atoms with E-state index in [1.165, 1.54) is 10.3 Å². The van der Waals surface area contributed by atoms with Crippen LogP contribution in [0.3, 0.4) is 0 Å². The molecule has 1 fully saturated rings. The molecule has 1 amide bonds. The van der Waals surface area contributed by atoms with Crippen molar-refractivity contribution in [3.63, 3.8) is 0 Å². The number of hydrogen-bond acceptors (Lipinski definition) is 5. The van der Waals surface area contributed by atoms with Crippen LogP contribution in [-0.2, 0) is 14.6 Å². The Balaban J connectivity index is 2.28. The summed E-state index contributed by atoms with van der Waals surface area (Å²) in [6.45, 7) is 0.217. The van der Waals surface area contributed by atoms with E-state index >= 15 is 0 Å². The van der Waals surface area contributed by atoms with E-state index in [0.29, 0.717) is 12.8 Å². The number of amides is 1. The van der Waals surface area contributed by atoms with Crippen molar-refractivity contribution in [1.29, 1.82) is 0 Å². The normalized spacial score (nSPS) is 19.4. The van der Waals surface area contributed by atoms with Gasteiger partial charge >= 0.3 is 11.7 Å². The molecule has 22 heavy (non-hydrogen) atoms. The lowest BCUT2D eigenvalue weighted by molar-refractivity contribution is -0.143. The van der Waals surface area contributed by atoms with E-state index in [1.54, 1.807) is 0 Å². The van der Waals surface area contributed by atoms with Gasteiger partial charge in [0, 0.05) is 13.1 Å². The number of carbonyl (C=O) groups excluding carboxylic acids is 1. The van der Waals surface area contributed by atoms with Crippen molar-refractivity contribution in [2.45, 2.75) is 23.5 Å². The Morgan fingerprint density at radius 3 is 2.68 bits per heavy atom. The molecule has 1 aliphatic heterocycles. The van der Waals surface area contributed by atoms with Crippen LogP contribution in [0.15, 0.2) is 16.3 Å². The molecule has 6 nitrogen and oxygen atoms in total. The quantitative estimate of drug-likeness (QED) is 0.889. The molecule has 1 saturated heterocycles. The maximum absolute atomic E-state index is 12.6. The van der Waals surface area contributed by atoms with Gasteiger partial charge in [-0.3, -0.25) is 9.59 Å². The molecule has 0 aliphatic carbocycles. The summed E-state index contributed by atoms with van der Waals surface area (Å²) in [5.74, 6) is -6.10. The Bertz CT molecular complexity index is 685. The first-order chi connectivity index (χ1) is 10.2. The van der Waals surface area contributed by atoms with Gasteiger partial charge in [-0.05, 0) is 24.3 Å². The summed E-state index contributed by atoms with van der Waals surface area (Å²) in [5, 5.41) is 10.2. The van der Waals surface area contributed by atoms with Gasteiger partial charge in [-0.25, -0.2) is 8.42 Å².